The number of hydrogen-bond donors (Lipinski definition) is 1. The van der Waals surface area contributed by atoms with Crippen LogP contribution in [0.25, 0.3) is 11.1 Å². The SMILES string of the molecule is CC(=O)N1c2ccc(-c3ccc(CN4CCOCC4)cc3)cc2[C@@H](NC(=O)OC(C)C)C[C@H]1C. The fourth-order valence-electron chi connectivity index (χ4n) is 4.87. The third kappa shape index (κ3) is 5.59. The summed E-state index contributed by atoms with van der Waals surface area (Å²) in [5.74, 6) is -0.00262. The number of alkyl carbamates (subject to hydrolysis) is 1. The topological polar surface area (TPSA) is 71.1 Å². The Balaban J connectivity index is 1.59. The zero-order chi connectivity index (χ0) is 24.2. The van der Waals surface area contributed by atoms with Crippen LogP contribution >= 0.6 is 0 Å². The molecule has 2 amide bonds. The molecule has 0 aromatic heterocycles. The van der Waals surface area contributed by atoms with Crippen LogP contribution < -0.4 is 10.2 Å². The van der Waals surface area contributed by atoms with Crippen LogP contribution in [-0.2, 0) is 20.8 Å². The number of hydrogen-bond acceptors (Lipinski definition) is 5. The van der Waals surface area contributed by atoms with Gasteiger partial charge in [-0.05, 0) is 61.6 Å². The number of ether oxygens (including phenoxy) is 2. The van der Waals surface area contributed by atoms with Crippen molar-refractivity contribution < 1.29 is 19.1 Å². The van der Waals surface area contributed by atoms with Gasteiger partial charge >= 0.3 is 6.09 Å². The Bertz CT molecular complexity index is 1020. The maximum atomic E-state index is 12.4. The van der Waals surface area contributed by atoms with E-state index in [0.717, 1.165) is 55.2 Å². The molecule has 0 radical (unpaired) electrons. The first-order valence-corrected chi connectivity index (χ1v) is 12.1. The van der Waals surface area contributed by atoms with E-state index in [0.29, 0.717) is 6.42 Å². The largest absolute Gasteiger partial charge is 0.447 e. The van der Waals surface area contributed by atoms with Crippen LogP contribution in [0.3, 0.4) is 0 Å². The highest BCUT2D eigenvalue weighted by molar-refractivity contribution is 5.94. The molecule has 34 heavy (non-hydrogen) atoms. The van der Waals surface area contributed by atoms with E-state index < -0.39 is 6.09 Å². The zero-order valence-corrected chi connectivity index (χ0v) is 20.5. The summed E-state index contributed by atoms with van der Waals surface area (Å²) in [5.41, 5.74) is 5.21. The summed E-state index contributed by atoms with van der Waals surface area (Å²) < 4.78 is 10.8. The third-order valence-corrected chi connectivity index (χ3v) is 6.45. The highest BCUT2D eigenvalue weighted by atomic mass is 16.6. The predicted octanol–water partition coefficient (Wildman–Crippen LogP) is 4.51. The van der Waals surface area contributed by atoms with Gasteiger partial charge in [0.1, 0.15) is 0 Å². The average molecular weight is 466 g/mol. The molecule has 2 aromatic carbocycles. The minimum atomic E-state index is -0.438. The molecule has 4 rings (SSSR count). The fraction of sp³-hybridized carbons (Fsp3) is 0.481. The molecule has 0 saturated carbocycles. The summed E-state index contributed by atoms with van der Waals surface area (Å²) in [6.07, 6.45) is -0.00866. The Kier molecular flexibility index (Phi) is 7.54. The second-order valence-corrected chi connectivity index (χ2v) is 9.48. The quantitative estimate of drug-likeness (QED) is 0.704. The third-order valence-electron chi connectivity index (χ3n) is 6.45. The van der Waals surface area contributed by atoms with Gasteiger partial charge in [-0.15, -0.1) is 0 Å². The molecule has 7 nitrogen and oxygen atoms in total. The van der Waals surface area contributed by atoms with Gasteiger partial charge in [0.2, 0.25) is 5.91 Å². The van der Waals surface area contributed by atoms with Crippen molar-refractivity contribution in [3.05, 3.63) is 53.6 Å². The standard InChI is InChI=1S/C27H35N3O4/c1-18(2)34-27(32)28-25-15-19(3)30(20(4)31)26-10-9-23(16-24(25)26)22-7-5-21(6-8-22)17-29-11-13-33-14-12-29/h5-10,16,18-19,25H,11-15,17H2,1-4H3,(H,28,32)/t19-,25+/m1/s1. The summed E-state index contributed by atoms with van der Waals surface area (Å²) >= 11 is 0. The molecule has 182 valence electrons. The van der Waals surface area contributed by atoms with Crippen LogP contribution in [0.4, 0.5) is 10.5 Å². The molecule has 1 saturated heterocycles. The molecular formula is C27H35N3O4. The van der Waals surface area contributed by atoms with Crippen molar-refractivity contribution in [2.45, 2.75) is 58.8 Å². The van der Waals surface area contributed by atoms with E-state index in [4.69, 9.17) is 9.47 Å². The van der Waals surface area contributed by atoms with Gasteiger partial charge in [0.25, 0.3) is 0 Å². The number of nitrogens with one attached hydrogen (secondary N) is 1. The first kappa shape index (κ1) is 24.2. The summed E-state index contributed by atoms with van der Waals surface area (Å²) in [7, 11) is 0. The molecule has 0 unspecified atom stereocenters. The Morgan fingerprint density at radius 2 is 1.76 bits per heavy atom. The van der Waals surface area contributed by atoms with Crippen molar-refractivity contribution in [1.82, 2.24) is 10.2 Å². The van der Waals surface area contributed by atoms with Crippen LogP contribution in [0.2, 0.25) is 0 Å². The molecule has 0 aliphatic carbocycles. The molecule has 0 spiro atoms. The Hall–Kier alpha value is -2.90. The van der Waals surface area contributed by atoms with Crippen molar-refractivity contribution in [3.63, 3.8) is 0 Å². The van der Waals surface area contributed by atoms with Gasteiger partial charge < -0.3 is 19.7 Å². The van der Waals surface area contributed by atoms with Gasteiger partial charge in [-0.1, -0.05) is 30.3 Å². The number of carbonyl (C=O) groups excluding carboxylic acids is 2. The van der Waals surface area contributed by atoms with E-state index >= 15 is 0 Å². The zero-order valence-electron chi connectivity index (χ0n) is 20.5. The molecular weight excluding hydrogens is 430 g/mol. The second kappa shape index (κ2) is 10.6. The van der Waals surface area contributed by atoms with Gasteiger partial charge in [-0.3, -0.25) is 9.69 Å². The minimum absolute atomic E-state index is 0.00262. The van der Waals surface area contributed by atoms with Crippen LogP contribution in [0.15, 0.2) is 42.5 Å². The van der Waals surface area contributed by atoms with Gasteiger partial charge in [0.05, 0.1) is 25.4 Å². The lowest BCUT2D eigenvalue weighted by atomic mass is 9.89. The highest BCUT2D eigenvalue weighted by Gasteiger charge is 2.33. The molecule has 2 aliphatic heterocycles. The van der Waals surface area contributed by atoms with Gasteiger partial charge in [0.15, 0.2) is 0 Å². The first-order chi connectivity index (χ1) is 16.3. The van der Waals surface area contributed by atoms with Crippen molar-refractivity contribution in [3.8, 4) is 11.1 Å². The average Bonchev–Trinajstić information content (AvgIpc) is 2.79. The minimum Gasteiger partial charge on any atom is -0.447 e. The monoisotopic (exact) mass is 465 g/mol. The highest BCUT2D eigenvalue weighted by Crippen LogP contribution is 2.39. The molecule has 2 aliphatic rings. The van der Waals surface area contributed by atoms with E-state index in [1.807, 2.05) is 37.8 Å². The Morgan fingerprint density at radius 1 is 1.09 bits per heavy atom. The van der Waals surface area contributed by atoms with E-state index in [9.17, 15) is 9.59 Å². The van der Waals surface area contributed by atoms with Crippen LogP contribution in [0, 0.1) is 0 Å². The maximum absolute atomic E-state index is 12.4. The fourth-order valence-corrected chi connectivity index (χ4v) is 4.87. The number of carbonyl (C=O) groups is 2. The van der Waals surface area contributed by atoms with Crippen molar-refractivity contribution in [1.29, 1.82) is 0 Å². The molecule has 1 N–H and O–H groups in total. The number of morpholine rings is 1. The lowest BCUT2D eigenvalue weighted by Crippen LogP contribution is -2.45. The second-order valence-electron chi connectivity index (χ2n) is 9.48. The number of rotatable bonds is 5. The van der Waals surface area contributed by atoms with Crippen molar-refractivity contribution in [2.75, 3.05) is 31.2 Å². The smallest absolute Gasteiger partial charge is 0.407 e. The predicted molar refractivity (Wildman–Crippen MR) is 133 cm³/mol. The van der Waals surface area contributed by atoms with Crippen molar-refractivity contribution in [2.24, 2.45) is 0 Å². The van der Waals surface area contributed by atoms with Gasteiger partial charge in [-0.2, -0.15) is 0 Å². The van der Waals surface area contributed by atoms with Gasteiger partial charge in [0, 0.05) is 38.3 Å². The summed E-state index contributed by atoms with van der Waals surface area (Å²) in [4.78, 5) is 29.0. The molecule has 1 fully saturated rings. The van der Waals surface area contributed by atoms with E-state index in [1.54, 1.807) is 6.92 Å². The maximum Gasteiger partial charge on any atom is 0.407 e. The van der Waals surface area contributed by atoms with Crippen LogP contribution in [0.1, 0.15) is 51.3 Å². The van der Waals surface area contributed by atoms with E-state index in [1.165, 1.54) is 5.56 Å². The summed E-state index contributed by atoms with van der Waals surface area (Å²) in [6, 6.07) is 14.5. The number of nitrogens with zero attached hydrogens (tertiary/aromatic N) is 2. The van der Waals surface area contributed by atoms with E-state index in [-0.39, 0.29) is 24.1 Å². The summed E-state index contributed by atoms with van der Waals surface area (Å²) in [6.45, 7) is 11.7. The van der Waals surface area contributed by atoms with Gasteiger partial charge in [-0.25, -0.2) is 4.79 Å². The normalized spacial score (nSPS) is 20.7. The van der Waals surface area contributed by atoms with Crippen LogP contribution in [0.5, 0.6) is 0 Å². The Morgan fingerprint density at radius 3 is 2.41 bits per heavy atom. The molecule has 2 aromatic rings. The Labute approximate surface area is 202 Å². The lowest BCUT2D eigenvalue weighted by molar-refractivity contribution is -0.117. The molecule has 2 atom stereocenters. The number of benzene rings is 2. The lowest BCUT2D eigenvalue weighted by Gasteiger charge is -2.39. The molecule has 2 heterocycles. The van der Waals surface area contributed by atoms with Crippen molar-refractivity contribution >= 4 is 17.7 Å². The summed E-state index contributed by atoms with van der Waals surface area (Å²) in [5, 5.41) is 3.01. The van der Waals surface area contributed by atoms with Crippen LogP contribution in [-0.4, -0.2) is 55.3 Å². The first-order valence-electron chi connectivity index (χ1n) is 12.1. The number of anilines is 1. The van der Waals surface area contributed by atoms with E-state index in [2.05, 4.69) is 40.5 Å². The molecule has 7 heteroatoms. The number of amides is 2. The molecule has 0 bridgehead atoms. The number of fused-ring (bicyclic) bond motifs is 1.